The van der Waals surface area contributed by atoms with Crippen molar-refractivity contribution in [3.63, 3.8) is 0 Å². The first-order valence-electron chi connectivity index (χ1n) is 13.7. The number of amides is 2. The molecule has 0 aliphatic carbocycles. The van der Waals surface area contributed by atoms with Crippen molar-refractivity contribution in [3.05, 3.63) is 39.1 Å². The monoisotopic (exact) mass is 511 g/mol. The van der Waals surface area contributed by atoms with E-state index in [2.05, 4.69) is 40.8 Å². The third-order valence-electron chi connectivity index (χ3n) is 8.42. The molecular weight excluding hydrogens is 470 g/mol. The summed E-state index contributed by atoms with van der Waals surface area (Å²) in [6, 6.07) is 6.10. The second-order valence-electron chi connectivity index (χ2n) is 11.3. The van der Waals surface area contributed by atoms with Gasteiger partial charge in [-0.3, -0.25) is 14.5 Å². The number of aryl methyl sites for hydroxylation is 2. The van der Waals surface area contributed by atoms with E-state index < -0.39 is 0 Å². The first kappa shape index (κ1) is 25.5. The summed E-state index contributed by atoms with van der Waals surface area (Å²) in [5.41, 5.74) is 2.46. The summed E-state index contributed by atoms with van der Waals surface area (Å²) in [4.78, 5) is 36.7. The molecule has 2 aromatic heterocycles. The highest BCUT2D eigenvalue weighted by Crippen LogP contribution is 2.43. The van der Waals surface area contributed by atoms with Crippen LogP contribution in [0.1, 0.15) is 91.9 Å². The maximum absolute atomic E-state index is 12.6. The molecule has 2 fully saturated rings. The number of carbonyl (C=O) groups is 2. The lowest BCUT2D eigenvalue weighted by Gasteiger charge is -2.41. The number of hydrogen-bond acceptors (Lipinski definition) is 5. The van der Waals surface area contributed by atoms with Gasteiger partial charge >= 0.3 is 0 Å². The molecule has 0 radical (unpaired) electrons. The van der Waals surface area contributed by atoms with Gasteiger partial charge < -0.3 is 14.8 Å². The van der Waals surface area contributed by atoms with Gasteiger partial charge in [0.1, 0.15) is 5.82 Å². The predicted molar refractivity (Wildman–Crippen MR) is 143 cm³/mol. The number of piperidine rings is 1. The van der Waals surface area contributed by atoms with Crippen LogP contribution in [-0.4, -0.2) is 56.3 Å². The maximum Gasteiger partial charge on any atom is 0.225 e. The fourth-order valence-electron chi connectivity index (χ4n) is 6.85. The van der Waals surface area contributed by atoms with E-state index in [1.54, 1.807) is 18.3 Å². The van der Waals surface area contributed by atoms with Crippen LogP contribution in [0.2, 0.25) is 0 Å². The van der Waals surface area contributed by atoms with Gasteiger partial charge in [0.2, 0.25) is 11.8 Å². The Balaban J connectivity index is 1.26. The van der Waals surface area contributed by atoms with Gasteiger partial charge in [-0.15, -0.1) is 11.3 Å². The summed E-state index contributed by atoms with van der Waals surface area (Å²) >= 11 is 1.79. The molecule has 2 aromatic rings. The molecule has 7 nitrogen and oxygen atoms in total. The number of thiophene rings is 1. The first-order valence-corrected chi connectivity index (χ1v) is 14.5. The molecule has 2 bridgehead atoms. The zero-order chi connectivity index (χ0) is 25.6. The third-order valence-corrected chi connectivity index (χ3v) is 9.53. The largest absolute Gasteiger partial charge is 0.349 e. The molecule has 0 saturated carbocycles. The molecule has 196 valence electrons. The van der Waals surface area contributed by atoms with E-state index in [0.717, 1.165) is 50.3 Å². The summed E-state index contributed by atoms with van der Waals surface area (Å²) in [5.74, 6) is 1.41. The average Bonchev–Trinajstić information content (AvgIpc) is 3.47. The highest BCUT2D eigenvalue weighted by atomic mass is 32.1. The minimum Gasteiger partial charge on any atom is -0.349 e. The Morgan fingerprint density at radius 1 is 1.14 bits per heavy atom. The van der Waals surface area contributed by atoms with E-state index in [0.29, 0.717) is 24.7 Å². The quantitative estimate of drug-likeness (QED) is 0.593. The van der Waals surface area contributed by atoms with Crippen LogP contribution >= 0.6 is 11.3 Å². The zero-order valence-electron chi connectivity index (χ0n) is 22.4. The standard InChI is InChI=1S/C28H41N5O2S/c1-17(2)28(35)31-12-11-26-25(16-31)29-19(4)33(26)23-14-21-7-8-22(15-23)32(21)13-10-24(30-20(5)34)27-9-6-18(3)36-27/h6,9,17,21-24H,7-8,10-16H2,1-5H3,(H,30,34)/t21-,22+,23?,24-/m0/s1. The van der Waals surface area contributed by atoms with Crippen molar-refractivity contribution in [3.8, 4) is 0 Å². The Morgan fingerprint density at radius 3 is 2.47 bits per heavy atom. The van der Waals surface area contributed by atoms with Crippen molar-refractivity contribution in [2.24, 2.45) is 5.92 Å². The molecule has 1 N–H and O–H groups in total. The predicted octanol–water partition coefficient (Wildman–Crippen LogP) is 4.54. The van der Waals surface area contributed by atoms with Crippen LogP contribution in [0.3, 0.4) is 0 Å². The average molecular weight is 512 g/mol. The SMILES string of the molecule is CC(=O)N[C@@H](CCN1[C@@H]2CC[C@H]1CC(n1c(C)nc3c1CCN(C(=O)C(C)C)C3)C2)c1ccc(C)s1. The van der Waals surface area contributed by atoms with Crippen LogP contribution in [-0.2, 0) is 22.6 Å². The normalized spacial score (nSPS) is 24.7. The molecule has 2 amide bonds. The number of nitrogens with zero attached hydrogens (tertiary/aromatic N) is 4. The van der Waals surface area contributed by atoms with Gasteiger partial charge in [-0.05, 0) is 58.1 Å². The zero-order valence-corrected chi connectivity index (χ0v) is 23.2. The van der Waals surface area contributed by atoms with E-state index in [1.807, 2.05) is 18.7 Å². The summed E-state index contributed by atoms with van der Waals surface area (Å²) in [6.45, 7) is 12.3. The molecule has 5 rings (SSSR count). The Morgan fingerprint density at radius 2 is 1.86 bits per heavy atom. The van der Waals surface area contributed by atoms with Crippen LogP contribution in [0, 0.1) is 19.8 Å². The van der Waals surface area contributed by atoms with Crippen molar-refractivity contribution in [1.29, 1.82) is 0 Å². The fourth-order valence-corrected chi connectivity index (χ4v) is 7.81. The van der Waals surface area contributed by atoms with Crippen molar-refractivity contribution in [2.45, 2.75) is 104 Å². The molecule has 8 heteroatoms. The molecule has 5 heterocycles. The third kappa shape index (κ3) is 4.99. The molecule has 3 aliphatic rings. The number of carbonyl (C=O) groups excluding carboxylic acids is 2. The summed E-state index contributed by atoms with van der Waals surface area (Å²) in [5, 5.41) is 3.19. The van der Waals surface area contributed by atoms with Gasteiger partial charge in [-0.25, -0.2) is 4.98 Å². The van der Waals surface area contributed by atoms with E-state index >= 15 is 0 Å². The van der Waals surface area contributed by atoms with Crippen LogP contribution < -0.4 is 5.32 Å². The highest BCUT2D eigenvalue weighted by molar-refractivity contribution is 7.12. The molecule has 36 heavy (non-hydrogen) atoms. The van der Waals surface area contributed by atoms with Crippen molar-refractivity contribution in [1.82, 2.24) is 24.7 Å². The lowest BCUT2D eigenvalue weighted by atomic mass is 9.95. The second-order valence-corrected chi connectivity index (χ2v) is 12.6. The number of aromatic nitrogens is 2. The summed E-state index contributed by atoms with van der Waals surface area (Å²) < 4.78 is 2.53. The van der Waals surface area contributed by atoms with Gasteiger partial charge in [-0.2, -0.15) is 0 Å². The molecule has 3 aliphatic heterocycles. The smallest absolute Gasteiger partial charge is 0.225 e. The molecule has 4 atom stereocenters. The van der Waals surface area contributed by atoms with Gasteiger partial charge in [0.05, 0.1) is 18.3 Å². The van der Waals surface area contributed by atoms with Crippen LogP contribution in [0.4, 0.5) is 0 Å². The van der Waals surface area contributed by atoms with Gasteiger partial charge in [-0.1, -0.05) is 13.8 Å². The Bertz CT molecular complexity index is 1110. The Hall–Kier alpha value is -2.19. The van der Waals surface area contributed by atoms with E-state index in [4.69, 9.17) is 4.98 Å². The van der Waals surface area contributed by atoms with Gasteiger partial charge in [0, 0.05) is 65.9 Å². The van der Waals surface area contributed by atoms with Crippen molar-refractivity contribution < 1.29 is 9.59 Å². The molecule has 0 spiro atoms. The molecular formula is C28H41N5O2S. The van der Waals surface area contributed by atoms with E-state index in [9.17, 15) is 9.59 Å². The maximum atomic E-state index is 12.6. The number of nitrogens with one attached hydrogen (secondary N) is 1. The second kappa shape index (κ2) is 10.3. The van der Waals surface area contributed by atoms with Crippen molar-refractivity contribution >= 4 is 23.2 Å². The number of rotatable bonds is 7. The van der Waals surface area contributed by atoms with E-state index in [-0.39, 0.29) is 23.8 Å². The summed E-state index contributed by atoms with van der Waals surface area (Å²) in [7, 11) is 0. The van der Waals surface area contributed by atoms with E-state index in [1.165, 1.54) is 28.3 Å². The number of hydrogen-bond donors (Lipinski definition) is 1. The Labute approximate surface area is 219 Å². The lowest BCUT2D eigenvalue weighted by molar-refractivity contribution is -0.135. The minimum atomic E-state index is 0.0313. The fraction of sp³-hybridized carbons (Fsp3) is 0.679. The molecule has 1 unspecified atom stereocenters. The van der Waals surface area contributed by atoms with Crippen LogP contribution in [0.15, 0.2) is 12.1 Å². The van der Waals surface area contributed by atoms with Crippen LogP contribution in [0.5, 0.6) is 0 Å². The van der Waals surface area contributed by atoms with Crippen LogP contribution in [0.25, 0.3) is 0 Å². The first-order chi connectivity index (χ1) is 17.2. The number of imidazole rings is 1. The number of fused-ring (bicyclic) bond motifs is 3. The highest BCUT2D eigenvalue weighted by Gasteiger charge is 2.42. The Kier molecular flexibility index (Phi) is 7.27. The van der Waals surface area contributed by atoms with Gasteiger partial charge in [0.15, 0.2) is 0 Å². The topological polar surface area (TPSA) is 70.5 Å². The van der Waals surface area contributed by atoms with Gasteiger partial charge in [0.25, 0.3) is 0 Å². The molecule has 0 aromatic carbocycles. The summed E-state index contributed by atoms with van der Waals surface area (Å²) in [6.07, 6.45) is 6.71. The minimum absolute atomic E-state index is 0.0313. The molecule has 2 saturated heterocycles. The lowest BCUT2D eigenvalue weighted by Crippen LogP contribution is -2.45. The van der Waals surface area contributed by atoms with Crippen molar-refractivity contribution in [2.75, 3.05) is 13.1 Å².